The Hall–Kier alpha value is -1.06. The Morgan fingerprint density at radius 2 is 1.78 bits per heavy atom. The maximum atomic E-state index is 12.4. The van der Waals surface area contributed by atoms with Crippen LogP contribution in [0.2, 0.25) is 0 Å². The maximum absolute atomic E-state index is 12.4. The van der Waals surface area contributed by atoms with Crippen molar-refractivity contribution in [3.8, 4) is 0 Å². The summed E-state index contributed by atoms with van der Waals surface area (Å²) in [6.45, 7) is 4.20. The average molecular weight is 253 g/mol. The molecule has 2 fully saturated rings. The van der Waals surface area contributed by atoms with E-state index in [1.54, 1.807) is 13.8 Å². The summed E-state index contributed by atoms with van der Waals surface area (Å²) in [4.78, 5) is 25.3. The predicted octanol–water partition coefficient (Wildman–Crippen LogP) is 2.13. The third-order valence-corrected chi connectivity index (χ3v) is 4.82. The van der Waals surface area contributed by atoms with Gasteiger partial charge in [0.05, 0.1) is 5.92 Å². The molecule has 4 unspecified atom stereocenters. The Morgan fingerprint density at radius 3 is 2.44 bits per heavy atom. The number of amides is 1. The van der Waals surface area contributed by atoms with Gasteiger partial charge in [-0.25, -0.2) is 0 Å². The standard InChI is InChI=1S/C14H23NO3/c1-9(10(2)14(17)18)13(16)15-8-7-11-5-3-4-6-12(11)15/h9-12H,3-8H2,1-2H3,(H,17,18). The SMILES string of the molecule is CC(C(=O)O)C(C)C(=O)N1CCC2CCCCC21. The highest BCUT2D eigenvalue weighted by atomic mass is 16.4. The van der Waals surface area contributed by atoms with Crippen molar-refractivity contribution >= 4 is 11.9 Å². The first-order valence-corrected chi connectivity index (χ1v) is 7.05. The molecule has 4 heteroatoms. The first-order chi connectivity index (χ1) is 8.52. The fraction of sp³-hybridized carbons (Fsp3) is 0.857. The van der Waals surface area contributed by atoms with E-state index in [4.69, 9.17) is 5.11 Å². The van der Waals surface area contributed by atoms with Crippen molar-refractivity contribution in [3.63, 3.8) is 0 Å². The lowest BCUT2D eigenvalue weighted by Crippen LogP contribution is -2.44. The lowest BCUT2D eigenvalue weighted by atomic mass is 9.84. The monoisotopic (exact) mass is 253 g/mol. The molecule has 18 heavy (non-hydrogen) atoms. The first-order valence-electron chi connectivity index (χ1n) is 7.05. The van der Waals surface area contributed by atoms with E-state index in [-0.39, 0.29) is 5.91 Å². The summed E-state index contributed by atoms with van der Waals surface area (Å²) in [6.07, 6.45) is 5.92. The molecule has 1 N–H and O–H groups in total. The van der Waals surface area contributed by atoms with Crippen LogP contribution in [0.5, 0.6) is 0 Å². The fourth-order valence-corrected chi connectivity index (χ4v) is 3.37. The molecule has 1 aliphatic carbocycles. The number of rotatable bonds is 3. The van der Waals surface area contributed by atoms with Crippen molar-refractivity contribution in [2.24, 2.45) is 17.8 Å². The quantitative estimate of drug-likeness (QED) is 0.838. The number of fused-ring (bicyclic) bond motifs is 1. The minimum Gasteiger partial charge on any atom is -0.481 e. The Balaban J connectivity index is 2.03. The third kappa shape index (κ3) is 2.38. The summed E-state index contributed by atoms with van der Waals surface area (Å²) in [5.41, 5.74) is 0. The van der Waals surface area contributed by atoms with Gasteiger partial charge in [-0.3, -0.25) is 9.59 Å². The number of likely N-dealkylation sites (tertiary alicyclic amines) is 1. The average Bonchev–Trinajstić information content (AvgIpc) is 2.79. The van der Waals surface area contributed by atoms with Gasteiger partial charge in [0.25, 0.3) is 0 Å². The van der Waals surface area contributed by atoms with Crippen LogP contribution in [0.25, 0.3) is 0 Å². The molecule has 0 spiro atoms. The zero-order valence-corrected chi connectivity index (χ0v) is 11.3. The normalized spacial score (nSPS) is 30.7. The van der Waals surface area contributed by atoms with Crippen LogP contribution in [0.1, 0.15) is 46.0 Å². The summed E-state index contributed by atoms with van der Waals surface area (Å²) < 4.78 is 0. The highest BCUT2D eigenvalue weighted by Crippen LogP contribution is 2.37. The summed E-state index contributed by atoms with van der Waals surface area (Å²) in [6, 6.07) is 0.384. The van der Waals surface area contributed by atoms with Crippen molar-refractivity contribution in [2.45, 2.75) is 52.0 Å². The van der Waals surface area contributed by atoms with Crippen molar-refractivity contribution in [1.29, 1.82) is 0 Å². The van der Waals surface area contributed by atoms with Crippen molar-refractivity contribution in [3.05, 3.63) is 0 Å². The molecule has 102 valence electrons. The zero-order valence-electron chi connectivity index (χ0n) is 11.3. The number of carboxylic acid groups (broad SMARTS) is 1. The van der Waals surface area contributed by atoms with Gasteiger partial charge in [-0.05, 0) is 25.2 Å². The smallest absolute Gasteiger partial charge is 0.307 e. The first kappa shape index (κ1) is 13.4. The van der Waals surface area contributed by atoms with Gasteiger partial charge in [-0.1, -0.05) is 26.7 Å². The van der Waals surface area contributed by atoms with Crippen LogP contribution >= 0.6 is 0 Å². The number of carbonyl (C=O) groups is 2. The van der Waals surface area contributed by atoms with Gasteiger partial charge in [0.1, 0.15) is 0 Å². The summed E-state index contributed by atoms with van der Waals surface area (Å²) in [5, 5.41) is 9.01. The third-order valence-electron chi connectivity index (χ3n) is 4.82. The number of carbonyl (C=O) groups excluding carboxylic acids is 1. The van der Waals surface area contributed by atoms with Gasteiger partial charge in [0.15, 0.2) is 0 Å². The lowest BCUT2D eigenvalue weighted by Gasteiger charge is -2.33. The highest BCUT2D eigenvalue weighted by Gasteiger charge is 2.40. The molecule has 0 aromatic rings. The van der Waals surface area contributed by atoms with E-state index >= 15 is 0 Å². The minimum atomic E-state index is -0.879. The van der Waals surface area contributed by atoms with Gasteiger partial charge in [0.2, 0.25) is 5.91 Å². The number of hydrogen-bond acceptors (Lipinski definition) is 2. The molecule has 1 saturated heterocycles. The van der Waals surface area contributed by atoms with Gasteiger partial charge in [-0.2, -0.15) is 0 Å². The van der Waals surface area contributed by atoms with Crippen molar-refractivity contribution in [1.82, 2.24) is 4.90 Å². The Morgan fingerprint density at radius 1 is 1.11 bits per heavy atom. The van der Waals surface area contributed by atoms with E-state index in [9.17, 15) is 9.59 Å². The Labute approximate surface area is 108 Å². The van der Waals surface area contributed by atoms with Gasteiger partial charge >= 0.3 is 5.97 Å². The highest BCUT2D eigenvalue weighted by molar-refractivity contribution is 5.84. The summed E-state index contributed by atoms with van der Waals surface area (Å²) in [7, 11) is 0. The Kier molecular flexibility index (Phi) is 3.93. The molecule has 1 heterocycles. The van der Waals surface area contributed by atoms with E-state index in [1.807, 2.05) is 4.90 Å². The van der Waals surface area contributed by atoms with E-state index < -0.39 is 17.8 Å². The molecule has 1 aliphatic heterocycles. The van der Waals surface area contributed by atoms with Crippen molar-refractivity contribution < 1.29 is 14.7 Å². The second-order valence-electron chi connectivity index (χ2n) is 5.85. The van der Waals surface area contributed by atoms with Crippen LogP contribution in [-0.4, -0.2) is 34.5 Å². The zero-order chi connectivity index (χ0) is 13.3. The van der Waals surface area contributed by atoms with E-state index in [1.165, 1.54) is 19.3 Å². The van der Waals surface area contributed by atoms with Gasteiger partial charge in [-0.15, -0.1) is 0 Å². The minimum absolute atomic E-state index is 0.0410. The molecule has 0 aromatic heterocycles. The largest absolute Gasteiger partial charge is 0.481 e. The van der Waals surface area contributed by atoms with E-state index in [0.717, 1.165) is 19.4 Å². The van der Waals surface area contributed by atoms with Gasteiger partial charge < -0.3 is 10.0 Å². The molecule has 1 saturated carbocycles. The van der Waals surface area contributed by atoms with Crippen LogP contribution < -0.4 is 0 Å². The van der Waals surface area contributed by atoms with Crippen LogP contribution in [0.3, 0.4) is 0 Å². The topological polar surface area (TPSA) is 57.6 Å². The van der Waals surface area contributed by atoms with E-state index in [0.29, 0.717) is 12.0 Å². The second kappa shape index (κ2) is 5.29. The summed E-state index contributed by atoms with van der Waals surface area (Å²) >= 11 is 0. The Bertz CT molecular complexity index is 342. The number of nitrogens with zero attached hydrogens (tertiary/aromatic N) is 1. The van der Waals surface area contributed by atoms with Gasteiger partial charge in [0, 0.05) is 18.5 Å². The van der Waals surface area contributed by atoms with E-state index in [2.05, 4.69) is 0 Å². The predicted molar refractivity (Wildman–Crippen MR) is 68.0 cm³/mol. The van der Waals surface area contributed by atoms with Crippen LogP contribution in [0.4, 0.5) is 0 Å². The van der Waals surface area contributed by atoms with Crippen LogP contribution in [0, 0.1) is 17.8 Å². The van der Waals surface area contributed by atoms with Crippen LogP contribution in [-0.2, 0) is 9.59 Å². The molecular weight excluding hydrogens is 230 g/mol. The molecular formula is C14H23NO3. The molecule has 0 radical (unpaired) electrons. The summed E-state index contributed by atoms with van der Waals surface area (Å²) in [5.74, 6) is -1.19. The maximum Gasteiger partial charge on any atom is 0.307 e. The number of aliphatic carboxylic acids is 1. The van der Waals surface area contributed by atoms with Crippen LogP contribution in [0.15, 0.2) is 0 Å². The molecule has 2 aliphatic rings. The molecule has 2 rings (SSSR count). The molecule has 0 aromatic carbocycles. The van der Waals surface area contributed by atoms with Crippen molar-refractivity contribution in [2.75, 3.05) is 6.54 Å². The molecule has 4 nitrogen and oxygen atoms in total. The second-order valence-corrected chi connectivity index (χ2v) is 5.85. The number of hydrogen-bond donors (Lipinski definition) is 1. The number of carboxylic acids is 1. The molecule has 0 bridgehead atoms. The molecule has 4 atom stereocenters. The fourth-order valence-electron chi connectivity index (χ4n) is 3.37. The molecule has 1 amide bonds. The lowest BCUT2D eigenvalue weighted by molar-refractivity contribution is -0.149.